The van der Waals surface area contributed by atoms with Gasteiger partial charge in [-0.3, -0.25) is 9.78 Å². The molecule has 1 aromatic heterocycles. The average molecular weight is 283 g/mol. The van der Waals surface area contributed by atoms with Gasteiger partial charge in [0.05, 0.1) is 18.3 Å². The summed E-state index contributed by atoms with van der Waals surface area (Å²) in [6, 6.07) is 0. The second kappa shape index (κ2) is 6.70. The van der Waals surface area contributed by atoms with E-state index in [0.29, 0.717) is 11.7 Å². The third-order valence-corrected chi connectivity index (χ3v) is 3.44. The quantitative estimate of drug-likeness (QED) is 0.916. The van der Waals surface area contributed by atoms with Gasteiger partial charge in [-0.1, -0.05) is 18.5 Å². The van der Waals surface area contributed by atoms with Crippen LogP contribution in [0.5, 0.6) is 0 Å². The minimum absolute atomic E-state index is 0.0288. The summed E-state index contributed by atoms with van der Waals surface area (Å²) in [5.74, 6) is 0.920. The number of carbonyl (C=O) groups is 1. The highest BCUT2D eigenvalue weighted by Gasteiger charge is 2.26. The Morgan fingerprint density at radius 3 is 3.16 bits per heavy atom. The summed E-state index contributed by atoms with van der Waals surface area (Å²) in [4.78, 5) is 22.4. The summed E-state index contributed by atoms with van der Waals surface area (Å²) in [5, 5.41) is 3.34. The molecule has 0 aliphatic carbocycles. The lowest BCUT2D eigenvalue weighted by Gasteiger charge is -2.32. The normalized spacial score (nSPS) is 19.3. The van der Waals surface area contributed by atoms with Gasteiger partial charge in [-0.05, 0) is 19.3 Å². The van der Waals surface area contributed by atoms with E-state index in [-0.39, 0.29) is 11.8 Å². The van der Waals surface area contributed by atoms with Crippen molar-refractivity contribution in [2.45, 2.75) is 26.2 Å². The van der Waals surface area contributed by atoms with Crippen LogP contribution in [0, 0.1) is 5.92 Å². The molecule has 2 heterocycles. The Labute approximate surface area is 118 Å². The Morgan fingerprint density at radius 1 is 1.58 bits per heavy atom. The molecule has 1 aromatic rings. The number of carbonyl (C=O) groups excluding carboxylic acids is 1. The van der Waals surface area contributed by atoms with Crippen LogP contribution in [0.25, 0.3) is 0 Å². The van der Waals surface area contributed by atoms with Crippen molar-refractivity contribution in [2.75, 3.05) is 24.5 Å². The first-order valence-electron chi connectivity index (χ1n) is 6.71. The zero-order valence-electron chi connectivity index (χ0n) is 11.1. The van der Waals surface area contributed by atoms with Crippen molar-refractivity contribution in [1.82, 2.24) is 15.3 Å². The molecular formula is C13H19ClN4O. The van der Waals surface area contributed by atoms with Gasteiger partial charge in [0, 0.05) is 19.6 Å². The number of anilines is 1. The Morgan fingerprint density at radius 2 is 2.42 bits per heavy atom. The Bertz CT molecular complexity index is 440. The molecule has 1 fully saturated rings. The van der Waals surface area contributed by atoms with E-state index in [1.807, 2.05) is 0 Å². The van der Waals surface area contributed by atoms with Crippen LogP contribution in [0.2, 0.25) is 5.15 Å². The Hall–Kier alpha value is -1.36. The van der Waals surface area contributed by atoms with Crippen LogP contribution in [0.3, 0.4) is 0 Å². The highest BCUT2D eigenvalue weighted by atomic mass is 35.5. The first-order valence-corrected chi connectivity index (χ1v) is 7.08. The van der Waals surface area contributed by atoms with Crippen LogP contribution in [-0.2, 0) is 4.79 Å². The molecule has 1 N–H and O–H groups in total. The average Bonchev–Trinajstić information content (AvgIpc) is 2.45. The minimum atomic E-state index is 0.0288. The SMILES string of the molecule is CCCNC(=O)C1CCCN(c2cncc(Cl)n2)C1. The molecule has 1 aliphatic rings. The molecule has 1 amide bonds. The molecule has 104 valence electrons. The van der Waals surface area contributed by atoms with E-state index >= 15 is 0 Å². The van der Waals surface area contributed by atoms with Crippen molar-refractivity contribution in [3.8, 4) is 0 Å². The standard InChI is InChI=1S/C13H19ClN4O/c1-2-5-16-13(19)10-4-3-6-18(9-10)12-8-15-7-11(14)17-12/h7-8,10H,2-6,9H2,1H3,(H,16,19). The molecule has 1 atom stereocenters. The van der Waals surface area contributed by atoms with Gasteiger partial charge in [0.1, 0.15) is 11.0 Å². The third kappa shape index (κ3) is 3.80. The van der Waals surface area contributed by atoms with E-state index < -0.39 is 0 Å². The second-order valence-electron chi connectivity index (χ2n) is 4.78. The summed E-state index contributed by atoms with van der Waals surface area (Å²) in [5.41, 5.74) is 0. The number of hydrogen-bond donors (Lipinski definition) is 1. The number of nitrogens with zero attached hydrogens (tertiary/aromatic N) is 3. The molecule has 1 saturated heterocycles. The molecule has 1 aliphatic heterocycles. The summed E-state index contributed by atoms with van der Waals surface area (Å²) in [6.07, 6.45) is 6.08. The van der Waals surface area contributed by atoms with Crippen molar-refractivity contribution < 1.29 is 4.79 Å². The lowest BCUT2D eigenvalue weighted by Crippen LogP contribution is -2.43. The summed E-state index contributed by atoms with van der Waals surface area (Å²) in [6.45, 7) is 4.37. The predicted octanol–water partition coefficient (Wildman–Crippen LogP) is 1.87. The van der Waals surface area contributed by atoms with Crippen molar-refractivity contribution in [2.24, 2.45) is 5.92 Å². The Balaban J connectivity index is 1.99. The number of rotatable bonds is 4. The maximum Gasteiger partial charge on any atom is 0.224 e. The predicted molar refractivity (Wildman–Crippen MR) is 75.3 cm³/mol. The number of piperidine rings is 1. The number of hydrogen-bond acceptors (Lipinski definition) is 4. The van der Waals surface area contributed by atoms with Crippen molar-refractivity contribution in [1.29, 1.82) is 0 Å². The van der Waals surface area contributed by atoms with E-state index in [1.165, 1.54) is 6.20 Å². The molecule has 5 nitrogen and oxygen atoms in total. The first kappa shape index (κ1) is 14.1. The zero-order chi connectivity index (χ0) is 13.7. The highest BCUT2D eigenvalue weighted by molar-refractivity contribution is 6.29. The molecule has 1 unspecified atom stereocenters. The zero-order valence-corrected chi connectivity index (χ0v) is 11.9. The smallest absolute Gasteiger partial charge is 0.224 e. The monoisotopic (exact) mass is 282 g/mol. The molecule has 0 spiro atoms. The molecule has 19 heavy (non-hydrogen) atoms. The van der Waals surface area contributed by atoms with Gasteiger partial charge in [-0.25, -0.2) is 4.98 Å². The van der Waals surface area contributed by atoms with Gasteiger partial charge in [-0.15, -0.1) is 0 Å². The first-order chi connectivity index (χ1) is 9.20. The van der Waals surface area contributed by atoms with Gasteiger partial charge in [0.15, 0.2) is 0 Å². The summed E-state index contributed by atoms with van der Waals surface area (Å²) < 4.78 is 0. The van der Waals surface area contributed by atoms with Crippen LogP contribution in [0.4, 0.5) is 5.82 Å². The summed E-state index contributed by atoms with van der Waals surface area (Å²) in [7, 11) is 0. The molecule has 0 bridgehead atoms. The van der Waals surface area contributed by atoms with Gasteiger partial charge >= 0.3 is 0 Å². The number of amides is 1. The molecule has 0 radical (unpaired) electrons. The van der Waals surface area contributed by atoms with Crippen LogP contribution < -0.4 is 10.2 Å². The molecular weight excluding hydrogens is 264 g/mol. The second-order valence-corrected chi connectivity index (χ2v) is 5.16. The highest BCUT2D eigenvalue weighted by Crippen LogP contribution is 2.22. The van der Waals surface area contributed by atoms with E-state index in [2.05, 4.69) is 27.1 Å². The fourth-order valence-electron chi connectivity index (χ4n) is 2.28. The maximum atomic E-state index is 12.0. The van der Waals surface area contributed by atoms with E-state index in [1.54, 1.807) is 6.20 Å². The summed E-state index contributed by atoms with van der Waals surface area (Å²) >= 11 is 5.85. The topological polar surface area (TPSA) is 58.1 Å². The van der Waals surface area contributed by atoms with E-state index in [0.717, 1.165) is 38.2 Å². The number of aromatic nitrogens is 2. The van der Waals surface area contributed by atoms with Crippen LogP contribution in [-0.4, -0.2) is 35.5 Å². The van der Waals surface area contributed by atoms with Crippen molar-refractivity contribution in [3.63, 3.8) is 0 Å². The van der Waals surface area contributed by atoms with Crippen molar-refractivity contribution >= 4 is 23.3 Å². The van der Waals surface area contributed by atoms with Gasteiger partial charge in [0.25, 0.3) is 0 Å². The molecule has 0 saturated carbocycles. The minimum Gasteiger partial charge on any atom is -0.356 e. The van der Waals surface area contributed by atoms with Crippen molar-refractivity contribution in [3.05, 3.63) is 17.5 Å². The molecule has 2 rings (SSSR count). The molecule has 6 heteroatoms. The van der Waals surface area contributed by atoms with Gasteiger partial charge in [-0.2, -0.15) is 0 Å². The maximum absolute atomic E-state index is 12.0. The van der Waals surface area contributed by atoms with Crippen LogP contribution in [0.15, 0.2) is 12.4 Å². The van der Waals surface area contributed by atoms with E-state index in [9.17, 15) is 4.79 Å². The lowest BCUT2D eigenvalue weighted by atomic mass is 9.97. The van der Waals surface area contributed by atoms with Crippen LogP contribution >= 0.6 is 11.6 Å². The van der Waals surface area contributed by atoms with Crippen LogP contribution in [0.1, 0.15) is 26.2 Å². The lowest BCUT2D eigenvalue weighted by molar-refractivity contribution is -0.125. The third-order valence-electron chi connectivity index (χ3n) is 3.26. The van der Waals surface area contributed by atoms with Gasteiger partial charge in [0.2, 0.25) is 5.91 Å². The van der Waals surface area contributed by atoms with Gasteiger partial charge < -0.3 is 10.2 Å². The largest absolute Gasteiger partial charge is 0.356 e. The molecule has 0 aromatic carbocycles. The fourth-order valence-corrected chi connectivity index (χ4v) is 2.42. The fraction of sp³-hybridized carbons (Fsp3) is 0.615. The Kier molecular flexibility index (Phi) is 4.96. The van der Waals surface area contributed by atoms with E-state index in [4.69, 9.17) is 11.6 Å². The number of nitrogens with one attached hydrogen (secondary N) is 1. The number of halogens is 1.